The molecule has 0 aliphatic rings. The minimum atomic E-state index is -3.84. The Morgan fingerprint density at radius 1 is 0.917 bits per heavy atom. The summed E-state index contributed by atoms with van der Waals surface area (Å²) in [6.07, 6.45) is 0.918. The number of nitrogen functional groups attached to an aromatic ring is 1. The Balaban J connectivity index is 1.83. The van der Waals surface area contributed by atoms with Crippen LogP contribution < -0.4 is 15.2 Å². The molecule has 0 bridgehead atoms. The number of rotatable bonds is 7. The predicted octanol–water partition coefficient (Wildman–Crippen LogP) is 4.08. The van der Waals surface area contributed by atoms with E-state index in [9.17, 15) is 23.1 Å². The number of carboxylic acid groups (broad SMARTS) is 1. The van der Waals surface area contributed by atoms with Gasteiger partial charge < -0.3 is 20.3 Å². The molecule has 5 N–H and O–H groups in total. The zero-order valence-corrected chi connectivity index (χ0v) is 19.8. The van der Waals surface area contributed by atoms with Crippen LogP contribution in [0.15, 0.2) is 78.9 Å². The van der Waals surface area contributed by atoms with Crippen LogP contribution in [-0.4, -0.2) is 37.5 Å². The Hall–Kier alpha value is -4.70. The highest BCUT2D eigenvalue weighted by atomic mass is 32.2. The zero-order chi connectivity index (χ0) is 26.0. The molecule has 0 saturated heterocycles. The molecule has 0 unspecified atom stereocenters. The van der Waals surface area contributed by atoms with Crippen LogP contribution in [0.5, 0.6) is 5.75 Å². The Morgan fingerprint density at radius 3 is 2.25 bits per heavy atom. The normalized spacial score (nSPS) is 11.1. The largest absolute Gasteiger partial charge is 0.478 e. The molecule has 10 heteroatoms. The van der Waals surface area contributed by atoms with Crippen LogP contribution >= 0.6 is 0 Å². The molecule has 4 rings (SSSR count). The lowest BCUT2D eigenvalue weighted by molar-refractivity contribution is 0.0697. The van der Waals surface area contributed by atoms with Crippen molar-refractivity contribution in [1.29, 1.82) is 5.41 Å². The van der Waals surface area contributed by atoms with Crippen molar-refractivity contribution >= 4 is 44.3 Å². The first-order chi connectivity index (χ1) is 17.0. The number of amidine groups is 1. The predicted molar refractivity (Wildman–Crippen MR) is 137 cm³/mol. The minimum absolute atomic E-state index is 0.0423. The van der Waals surface area contributed by atoms with Crippen LogP contribution in [0.25, 0.3) is 21.9 Å². The van der Waals surface area contributed by atoms with Gasteiger partial charge >= 0.3 is 16.1 Å². The molecule has 0 aliphatic carbocycles. The molecular weight excluding hydrogens is 482 g/mol. The third-order valence-electron chi connectivity index (χ3n) is 5.37. The average molecular weight is 504 g/mol. The van der Waals surface area contributed by atoms with Gasteiger partial charge in [0.05, 0.1) is 11.8 Å². The SMILES string of the molecule is CS(=O)(=O)Oc1cccc2cc(C(=O)O)c(-c3ccccc3C(=O)Nc3ccc(C(=N)N)cc3)cc12. The first-order valence-electron chi connectivity index (χ1n) is 10.6. The maximum atomic E-state index is 13.2. The van der Waals surface area contributed by atoms with Crippen molar-refractivity contribution in [3.63, 3.8) is 0 Å². The molecule has 4 aromatic carbocycles. The fourth-order valence-corrected chi connectivity index (χ4v) is 4.25. The number of fused-ring (bicyclic) bond motifs is 1. The second-order valence-corrected chi connectivity index (χ2v) is 9.53. The number of carboxylic acids is 1. The second kappa shape index (κ2) is 9.51. The molecule has 1 amide bonds. The van der Waals surface area contributed by atoms with Gasteiger partial charge in [-0.25, -0.2) is 4.79 Å². The van der Waals surface area contributed by atoms with Crippen LogP contribution in [0.4, 0.5) is 5.69 Å². The van der Waals surface area contributed by atoms with Gasteiger partial charge in [-0.2, -0.15) is 8.42 Å². The van der Waals surface area contributed by atoms with Gasteiger partial charge in [0.1, 0.15) is 11.6 Å². The fraction of sp³-hybridized carbons (Fsp3) is 0.0385. The molecule has 182 valence electrons. The van der Waals surface area contributed by atoms with Gasteiger partial charge in [0.15, 0.2) is 0 Å². The van der Waals surface area contributed by atoms with E-state index in [1.165, 1.54) is 18.2 Å². The molecule has 4 aromatic rings. The summed E-state index contributed by atoms with van der Waals surface area (Å²) >= 11 is 0. The summed E-state index contributed by atoms with van der Waals surface area (Å²) in [4.78, 5) is 25.4. The Kier molecular flexibility index (Phi) is 6.45. The van der Waals surface area contributed by atoms with Crippen LogP contribution in [0.2, 0.25) is 0 Å². The lowest BCUT2D eigenvalue weighted by Gasteiger charge is -2.15. The summed E-state index contributed by atoms with van der Waals surface area (Å²) in [7, 11) is -3.84. The highest BCUT2D eigenvalue weighted by molar-refractivity contribution is 7.86. The third-order valence-corrected chi connectivity index (χ3v) is 5.85. The number of nitrogens with two attached hydrogens (primary N) is 1. The van der Waals surface area contributed by atoms with E-state index >= 15 is 0 Å². The molecular formula is C26H21N3O6S. The number of anilines is 1. The third kappa shape index (κ3) is 5.18. The lowest BCUT2D eigenvalue weighted by Crippen LogP contribution is -2.15. The van der Waals surface area contributed by atoms with Crippen LogP contribution in [0.1, 0.15) is 26.3 Å². The summed E-state index contributed by atoms with van der Waals surface area (Å²) in [5.41, 5.74) is 7.13. The average Bonchev–Trinajstić information content (AvgIpc) is 2.83. The van der Waals surface area contributed by atoms with Crippen molar-refractivity contribution in [3.8, 4) is 16.9 Å². The molecule has 9 nitrogen and oxygen atoms in total. The number of benzene rings is 4. The number of hydrogen-bond donors (Lipinski definition) is 4. The van der Waals surface area contributed by atoms with Crippen molar-refractivity contribution in [3.05, 3.63) is 95.6 Å². The van der Waals surface area contributed by atoms with E-state index in [4.69, 9.17) is 15.3 Å². The molecule has 0 heterocycles. The topological polar surface area (TPSA) is 160 Å². The van der Waals surface area contributed by atoms with Gasteiger partial charge in [-0.05, 0) is 65.0 Å². The van der Waals surface area contributed by atoms with Crippen LogP contribution in [0.3, 0.4) is 0 Å². The van der Waals surface area contributed by atoms with Crippen molar-refractivity contribution in [1.82, 2.24) is 0 Å². The fourth-order valence-electron chi connectivity index (χ4n) is 3.78. The lowest BCUT2D eigenvalue weighted by atomic mass is 9.92. The second-order valence-electron chi connectivity index (χ2n) is 7.96. The number of nitrogens with one attached hydrogen (secondary N) is 2. The zero-order valence-electron chi connectivity index (χ0n) is 19.0. The molecule has 0 aliphatic heterocycles. The molecule has 0 fully saturated rings. The molecule has 0 aromatic heterocycles. The summed E-state index contributed by atoms with van der Waals surface area (Å²) < 4.78 is 28.6. The number of carbonyl (C=O) groups is 2. The van der Waals surface area contributed by atoms with E-state index in [1.54, 1.807) is 60.7 Å². The van der Waals surface area contributed by atoms with Gasteiger partial charge in [0.2, 0.25) is 0 Å². The van der Waals surface area contributed by atoms with Gasteiger partial charge in [-0.15, -0.1) is 0 Å². The van der Waals surface area contributed by atoms with E-state index < -0.39 is 22.0 Å². The first kappa shape index (κ1) is 24.4. The number of amides is 1. The molecule has 0 saturated carbocycles. The first-order valence-corrected chi connectivity index (χ1v) is 12.4. The summed E-state index contributed by atoms with van der Waals surface area (Å²) in [5.74, 6) is -1.76. The van der Waals surface area contributed by atoms with Crippen molar-refractivity contribution < 1.29 is 27.3 Å². The molecule has 36 heavy (non-hydrogen) atoms. The Morgan fingerprint density at radius 2 is 1.61 bits per heavy atom. The molecule has 0 atom stereocenters. The maximum Gasteiger partial charge on any atom is 0.336 e. The number of aromatic carboxylic acids is 1. The quantitative estimate of drug-likeness (QED) is 0.168. The monoisotopic (exact) mass is 503 g/mol. The van der Waals surface area contributed by atoms with Crippen LogP contribution in [-0.2, 0) is 10.1 Å². The van der Waals surface area contributed by atoms with Gasteiger partial charge in [0, 0.05) is 22.2 Å². The smallest absolute Gasteiger partial charge is 0.336 e. The standard InChI is InChI=1S/C26H21N3O6S/c1-36(33,34)35-23-8-4-5-16-13-22(26(31)32)21(14-20(16)23)18-6-2-3-7-19(18)25(30)29-17-11-9-15(10-12-17)24(27)28/h2-14H,1H3,(H3,27,28)(H,29,30)(H,31,32). The van der Waals surface area contributed by atoms with Gasteiger partial charge in [-0.1, -0.05) is 30.3 Å². The number of carbonyl (C=O) groups excluding carboxylic acids is 1. The van der Waals surface area contributed by atoms with E-state index in [2.05, 4.69) is 5.32 Å². The van der Waals surface area contributed by atoms with Gasteiger partial charge in [-0.3, -0.25) is 10.2 Å². The maximum absolute atomic E-state index is 13.2. The highest BCUT2D eigenvalue weighted by Gasteiger charge is 2.21. The summed E-state index contributed by atoms with van der Waals surface area (Å²) in [6.45, 7) is 0. The minimum Gasteiger partial charge on any atom is -0.478 e. The van der Waals surface area contributed by atoms with Crippen LogP contribution in [0, 0.1) is 5.41 Å². The van der Waals surface area contributed by atoms with Crippen molar-refractivity contribution in [2.24, 2.45) is 5.73 Å². The van der Waals surface area contributed by atoms with E-state index in [1.807, 2.05) is 0 Å². The molecule has 0 radical (unpaired) electrons. The van der Waals surface area contributed by atoms with Crippen molar-refractivity contribution in [2.75, 3.05) is 11.6 Å². The summed E-state index contributed by atoms with van der Waals surface area (Å²) in [5, 5.41) is 21.0. The number of hydrogen-bond acceptors (Lipinski definition) is 6. The van der Waals surface area contributed by atoms with E-state index in [0.29, 0.717) is 27.6 Å². The van der Waals surface area contributed by atoms with E-state index in [-0.39, 0.29) is 28.3 Å². The van der Waals surface area contributed by atoms with E-state index in [0.717, 1.165) is 6.26 Å². The highest BCUT2D eigenvalue weighted by Crippen LogP contribution is 2.35. The summed E-state index contributed by atoms with van der Waals surface area (Å²) in [6, 6.07) is 20.5. The van der Waals surface area contributed by atoms with Crippen molar-refractivity contribution in [2.45, 2.75) is 0 Å². The Labute approximate surface area is 206 Å². The van der Waals surface area contributed by atoms with Gasteiger partial charge in [0.25, 0.3) is 5.91 Å². The Bertz CT molecular complexity index is 1630. The molecule has 0 spiro atoms.